The van der Waals surface area contributed by atoms with E-state index < -0.39 is 0 Å². The Morgan fingerprint density at radius 1 is 0.889 bits per heavy atom. The van der Waals surface area contributed by atoms with E-state index >= 15 is 0 Å². The summed E-state index contributed by atoms with van der Waals surface area (Å²) in [5, 5.41) is 3.12. The Hall–Kier alpha value is -3.09. The third-order valence-corrected chi connectivity index (χ3v) is 4.07. The summed E-state index contributed by atoms with van der Waals surface area (Å²) in [5.41, 5.74) is 7.98. The number of nitrogens with zero attached hydrogens (tertiary/aromatic N) is 1. The van der Waals surface area contributed by atoms with Gasteiger partial charge in [0, 0.05) is 6.54 Å². The molecule has 7 nitrogen and oxygen atoms in total. The third-order valence-electron chi connectivity index (χ3n) is 4.07. The smallest absolute Gasteiger partial charge is 0.188 e. The minimum absolute atomic E-state index is 0.381. The number of aliphatic imine (C=N–C) groups is 1. The van der Waals surface area contributed by atoms with Gasteiger partial charge >= 0.3 is 0 Å². The molecule has 2 rings (SSSR count). The van der Waals surface area contributed by atoms with Crippen LogP contribution in [-0.4, -0.2) is 40.9 Å². The van der Waals surface area contributed by atoms with E-state index in [0.29, 0.717) is 30.5 Å². The van der Waals surface area contributed by atoms with Crippen molar-refractivity contribution in [1.29, 1.82) is 0 Å². The summed E-state index contributed by atoms with van der Waals surface area (Å²) in [7, 11) is 6.50. The van der Waals surface area contributed by atoms with Crippen molar-refractivity contribution in [3.05, 3.63) is 47.5 Å². The highest BCUT2D eigenvalue weighted by molar-refractivity contribution is 5.77. The maximum Gasteiger partial charge on any atom is 0.188 e. The first-order chi connectivity index (χ1) is 13.1. The number of nitrogens with two attached hydrogens (primary N) is 1. The molecule has 0 heterocycles. The molecule has 0 aliphatic carbocycles. The average Bonchev–Trinajstić information content (AvgIpc) is 2.71. The number of ether oxygens (including phenoxy) is 4. The van der Waals surface area contributed by atoms with Gasteiger partial charge in [0.05, 0.1) is 35.0 Å². The van der Waals surface area contributed by atoms with Gasteiger partial charge in [-0.3, -0.25) is 0 Å². The van der Waals surface area contributed by atoms with Crippen molar-refractivity contribution < 1.29 is 18.9 Å². The lowest BCUT2D eigenvalue weighted by atomic mass is 10.1. The highest BCUT2D eigenvalue weighted by atomic mass is 16.5. The number of benzene rings is 2. The summed E-state index contributed by atoms with van der Waals surface area (Å²) in [4.78, 5) is 4.36. The fourth-order valence-corrected chi connectivity index (χ4v) is 2.61. The number of guanidine groups is 1. The average molecular weight is 373 g/mol. The predicted octanol–water partition coefficient (Wildman–Crippen LogP) is 2.37. The zero-order chi connectivity index (χ0) is 19.6. The molecule has 0 atom stereocenters. The van der Waals surface area contributed by atoms with E-state index in [1.165, 1.54) is 0 Å². The monoisotopic (exact) mass is 373 g/mol. The van der Waals surface area contributed by atoms with E-state index in [2.05, 4.69) is 10.3 Å². The Bertz CT molecular complexity index is 778. The van der Waals surface area contributed by atoms with Crippen molar-refractivity contribution >= 4 is 5.96 Å². The fourth-order valence-electron chi connectivity index (χ4n) is 2.61. The summed E-state index contributed by atoms with van der Waals surface area (Å²) in [6, 6.07) is 11.4. The van der Waals surface area contributed by atoms with Gasteiger partial charge in [-0.15, -0.1) is 0 Å². The highest BCUT2D eigenvalue weighted by Crippen LogP contribution is 2.27. The Kier molecular flexibility index (Phi) is 7.61. The fraction of sp³-hybridized carbons (Fsp3) is 0.350. The van der Waals surface area contributed by atoms with Crippen molar-refractivity contribution in [2.75, 3.05) is 35.0 Å². The minimum atomic E-state index is 0.381. The van der Waals surface area contributed by atoms with Crippen LogP contribution >= 0.6 is 0 Å². The summed E-state index contributed by atoms with van der Waals surface area (Å²) in [6.07, 6.45) is 0.729. The maximum atomic E-state index is 5.97. The van der Waals surface area contributed by atoms with Gasteiger partial charge in [0.2, 0.25) is 0 Å². The minimum Gasteiger partial charge on any atom is -0.497 e. The second-order valence-corrected chi connectivity index (χ2v) is 5.75. The number of methoxy groups -OCH3 is 4. The zero-order valence-corrected chi connectivity index (χ0v) is 16.2. The number of rotatable bonds is 9. The van der Waals surface area contributed by atoms with Crippen molar-refractivity contribution in [1.82, 2.24) is 5.32 Å². The first-order valence-electron chi connectivity index (χ1n) is 8.56. The van der Waals surface area contributed by atoms with Crippen molar-refractivity contribution in [3.8, 4) is 23.0 Å². The largest absolute Gasteiger partial charge is 0.497 e. The molecule has 0 unspecified atom stereocenters. The predicted molar refractivity (Wildman–Crippen MR) is 106 cm³/mol. The van der Waals surface area contributed by atoms with Gasteiger partial charge in [-0.25, -0.2) is 4.99 Å². The quantitative estimate of drug-likeness (QED) is 0.518. The van der Waals surface area contributed by atoms with Crippen molar-refractivity contribution in [3.63, 3.8) is 0 Å². The Balaban J connectivity index is 1.91. The van der Waals surface area contributed by atoms with E-state index in [0.717, 1.165) is 29.0 Å². The van der Waals surface area contributed by atoms with Gasteiger partial charge in [-0.2, -0.15) is 0 Å². The highest BCUT2D eigenvalue weighted by Gasteiger charge is 2.06. The van der Waals surface area contributed by atoms with E-state index in [4.69, 9.17) is 24.7 Å². The molecule has 7 heteroatoms. The molecule has 0 aromatic heterocycles. The second kappa shape index (κ2) is 10.2. The van der Waals surface area contributed by atoms with Crippen LogP contribution in [0.2, 0.25) is 0 Å². The lowest BCUT2D eigenvalue weighted by Gasteiger charge is -2.11. The molecule has 2 aromatic rings. The first-order valence-corrected chi connectivity index (χ1v) is 8.56. The van der Waals surface area contributed by atoms with Crippen LogP contribution in [0.15, 0.2) is 41.4 Å². The Morgan fingerprint density at radius 3 is 2.26 bits per heavy atom. The number of hydrogen-bond donors (Lipinski definition) is 2. The maximum absolute atomic E-state index is 5.97. The van der Waals surface area contributed by atoms with Gasteiger partial charge < -0.3 is 30.0 Å². The molecule has 0 aliphatic rings. The molecule has 146 valence electrons. The normalized spacial score (nSPS) is 11.0. The summed E-state index contributed by atoms with van der Waals surface area (Å²) < 4.78 is 21.2. The molecular weight excluding hydrogens is 346 g/mol. The van der Waals surface area contributed by atoms with Gasteiger partial charge in [0.25, 0.3) is 0 Å². The summed E-state index contributed by atoms with van der Waals surface area (Å²) in [6.45, 7) is 1.08. The molecule has 0 bridgehead atoms. The molecule has 0 saturated heterocycles. The Morgan fingerprint density at radius 2 is 1.59 bits per heavy atom. The van der Waals surface area contributed by atoms with Crippen LogP contribution in [0.3, 0.4) is 0 Å². The van der Waals surface area contributed by atoms with Crippen LogP contribution in [0.25, 0.3) is 0 Å². The molecule has 0 saturated carbocycles. The topological polar surface area (TPSA) is 87.3 Å². The van der Waals surface area contributed by atoms with Gasteiger partial charge in [-0.05, 0) is 47.9 Å². The second-order valence-electron chi connectivity index (χ2n) is 5.75. The van der Waals surface area contributed by atoms with Crippen molar-refractivity contribution in [2.24, 2.45) is 10.7 Å². The van der Waals surface area contributed by atoms with Crippen LogP contribution in [0.4, 0.5) is 0 Å². The molecular formula is C20H27N3O4. The molecule has 0 fully saturated rings. The van der Waals surface area contributed by atoms with Crippen LogP contribution in [0.5, 0.6) is 23.0 Å². The van der Waals surface area contributed by atoms with Crippen LogP contribution in [-0.2, 0) is 13.0 Å². The van der Waals surface area contributed by atoms with Crippen molar-refractivity contribution in [2.45, 2.75) is 13.0 Å². The third kappa shape index (κ3) is 5.70. The molecule has 0 amide bonds. The van der Waals surface area contributed by atoms with Crippen LogP contribution in [0, 0.1) is 0 Å². The zero-order valence-electron chi connectivity index (χ0n) is 16.2. The standard InChI is InChI=1S/C20H27N3O4/c1-24-16-6-8-17(25-2)15(12-16)9-10-22-20(21)23-13-14-5-7-18(26-3)19(11-14)27-4/h5-8,11-12H,9-10,13H2,1-4H3,(H3,21,22,23). The Labute approximate surface area is 160 Å². The number of nitrogens with one attached hydrogen (secondary N) is 1. The van der Waals surface area contributed by atoms with E-state index in [-0.39, 0.29) is 0 Å². The van der Waals surface area contributed by atoms with Gasteiger partial charge in [0.1, 0.15) is 11.5 Å². The van der Waals surface area contributed by atoms with Crippen LogP contribution in [0.1, 0.15) is 11.1 Å². The molecule has 27 heavy (non-hydrogen) atoms. The molecule has 0 spiro atoms. The van der Waals surface area contributed by atoms with E-state index in [1.807, 2.05) is 36.4 Å². The molecule has 3 N–H and O–H groups in total. The molecule has 0 radical (unpaired) electrons. The van der Waals surface area contributed by atoms with Gasteiger partial charge in [-0.1, -0.05) is 6.07 Å². The summed E-state index contributed by atoms with van der Waals surface area (Å²) >= 11 is 0. The lowest BCUT2D eigenvalue weighted by Crippen LogP contribution is -2.33. The molecule has 2 aromatic carbocycles. The van der Waals surface area contributed by atoms with E-state index in [9.17, 15) is 0 Å². The van der Waals surface area contributed by atoms with Gasteiger partial charge in [0.15, 0.2) is 17.5 Å². The van der Waals surface area contributed by atoms with E-state index in [1.54, 1.807) is 28.4 Å². The molecule has 0 aliphatic heterocycles. The lowest BCUT2D eigenvalue weighted by molar-refractivity contribution is 0.354. The number of hydrogen-bond acceptors (Lipinski definition) is 5. The summed E-state index contributed by atoms with van der Waals surface area (Å²) in [5.74, 6) is 3.34. The SMILES string of the molecule is COc1ccc(OC)c(CCNC(N)=NCc2ccc(OC)c(OC)c2)c1. The first kappa shape index (κ1) is 20.2. The van der Waals surface area contributed by atoms with Crippen LogP contribution < -0.4 is 30.0 Å².